The summed E-state index contributed by atoms with van der Waals surface area (Å²) in [6.07, 6.45) is 4.05. The normalized spacial score (nSPS) is 10.0. The van der Waals surface area contributed by atoms with E-state index in [9.17, 15) is 0 Å². The van der Waals surface area contributed by atoms with Gasteiger partial charge >= 0.3 is 0 Å². The number of benzene rings is 2. The van der Waals surface area contributed by atoms with E-state index in [2.05, 4.69) is 25.3 Å². The summed E-state index contributed by atoms with van der Waals surface area (Å²) in [5.74, 6) is 2.25. The molecule has 0 saturated heterocycles. The maximum Gasteiger partial charge on any atom is 0.142 e. The van der Waals surface area contributed by atoms with Crippen molar-refractivity contribution in [1.82, 2.24) is 19.9 Å². The van der Waals surface area contributed by atoms with Crippen molar-refractivity contribution in [2.45, 2.75) is 6.42 Å². The maximum atomic E-state index is 6.15. The molecule has 0 fully saturated rings. The van der Waals surface area contributed by atoms with Crippen LogP contribution in [0.15, 0.2) is 60.9 Å². The Labute approximate surface area is 168 Å². The number of hydrogen-bond donors (Lipinski definition) is 2. The second-order valence-electron chi connectivity index (χ2n) is 5.35. The first kappa shape index (κ1) is 20.0. The predicted octanol–water partition coefficient (Wildman–Crippen LogP) is 5.18. The minimum Gasteiger partial charge on any atom is -0.348 e. The Morgan fingerprint density at radius 3 is 2.54 bits per heavy atom. The minimum absolute atomic E-state index is 0. The van der Waals surface area contributed by atoms with Crippen molar-refractivity contribution in [3.63, 3.8) is 0 Å². The zero-order valence-electron chi connectivity index (χ0n) is 13.5. The van der Waals surface area contributed by atoms with Crippen LogP contribution < -0.4 is 5.32 Å². The lowest BCUT2D eigenvalue weighted by atomic mass is 10.2. The average Bonchev–Trinajstić information content (AvgIpc) is 3.09. The summed E-state index contributed by atoms with van der Waals surface area (Å²) in [4.78, 5) is 16.6. The number of aromatic nitrogens is 4. The van der Waals surface area contributed by atoms with Crippen LogP contribution in [0.1, 0.15) is 11.6 Å². The fourth-order valence-electron chi connectivity index (χ4n) is 2.53. The first-order valence-electron chi connectivity index (χ1n) is 7.54. The van der Waals surface area contributed by atoms with Crippen LogP contribution in [0, 0.1) is 0 Å². The van der Waals surface area contributed by atoms with Crippen molar-refractivity contribution >= 4 is 58.8 Å². The van der Waals surface area contributed by atoms with Gasteiger partial charge in [-0.15, -0.1) is 24.8 Å². The molecule has 0 aliphatic carbocycles. The third-order valence-corrected chi connectivity index (χ3v) is 3.86. The third kappa shape index (κ3) is 4.43. The SMILES string of the molecule is Cl.Cl.Clc1ccc2nc(Cc3ncc[nH]3)nc(Nc3ccccc3)c2c1. The second kappa shape index (κ2) is 8.85. The monoisotopic (exact) mass is 407 g/mol. The molecule has 0 aliphatic heterocycles. The maximum absolute atomic E-state index is 6.15. The summed E-state index contributed by atoms with van der Waals surface area (Å²) in [6.45, 7) is 0. The van der Waals surface area contributed by atoms with E-state index in [-0.39, 0.29) is 24.8 Å². The molecule has 26 heavy (non-hydrogen) atoms. The molecule has 0 aliphatic rings. The molecule has 2 aromatic heterocycles. The average molecular weight is 409 g/mol. The molecule has 2 N–H and O–H groups in total. The Kier molecular flexibility index (Phi) is 6.80. The predicted molar refractivity (Wildman–Crippen MR) is 110 cm³/mol. The van der Waals surface area contributed by atoms with Crippen LogP contribution in [0.25, 0.3) is 10.9 Å². The Morgan fingerprint density at radius 1 is 1.00 bits per heavy atom. The number of aromatic amines is 1. The zero-order valence-corrected chi connectivity index (χ0v) is 15.9. The van der Waals surface area contributed by atoms with Crippen LogP contribution in [-0.4, -0.2) is 19.9 Å². The minimum atomic E-state index is 0. The smallest absolute Gasteiger partial charge is 0.142 e. The molecular formula is C18H16Cl3N5. The summed E-state index contributed by atoms with van der Waals surface area (Å²) in [6, 6.07) is 15.5. The van der Waals surface area contributed by atoms with E-state index in [0.29, 0.717) is 17.3 Å². The lowest BCUT2D eigenvalue weighted by molar-refractivity contribution is 0.929. The van der Waals surface area contributed by atoms with Crippen molar-refractivity contribution < 1.29 is 0 Å². The first-order valence-corrected chi connectivity index (χ1v) is 7.92. The lowest BCUT2D eigenvalue weighted by Crippen LogP contribution is -2.03. The number of halogens is 3. The molecule has 134 valence electrons. The number of anilines is 2. The molecule has 0 saturated carbocycles. The molecule has 4 aromatic rings. The van der Waals surface area contributed by atoms with E-state index in [1.54, 1.807) is 12.4 Å². The van der Waals surface area contributed by atoms with Gasteiger partial charge in [-0.25, -0.2) is 15.0 Å². The van der Waals surface area contributed by atoms with E-state index in [4.69, 9.17) is 11.6 Å². The second-order valence-corrected chi connectivity index (χ2v) is 5.79. The topological polar surface area (TPSA) is 66.5 Å². The highest BCUT2D eigenvalue weighted by molar-refractivity contribution is 6.31. The van der Waals surface area contributed by atoms with Crippen LogP contribution in [0.2, 0.25) is 5.02 Å². The van der Waals surface area contributed by atoms with Crippen LogP contribution in [-0.2, 0) is 6.42 Å². The van der Waals surface area contributed by atoms with Gasteiger partial charge in [-0.3, -0.25) is 0 Å². The number of hydrogen-bond acceptors (Lipinski definition) is 4. The number of nitrogens with one attached hydrogen (secondary N) is 2. The molecule has 0 atom stereocenters. The van der Waals surface area contributed by atoms with Gasteiger partial charge in [0.05, 0.1) is 11.9 Å². The number of imidazole rings is 1. The molecule has 0 radical (unpaired) electrons. The molecular weight excluding hydrogens is 393 g/mol. The Bertz CT molecular complexity index is 975. The number of H-pyrrole nitrogens is 1. The molecule has 0 spiro atoms. The standard InChI is InChI=1S/C18H14ClN5.2ClH/c19-12-6-7-15-14(10-12)18(22-13-4-2-1-3-5-13)24-17(23-15)11-16-20-8-9-21-16;;/h1-10H,11H2,(H,20,21)(H,22,23,24);2*1H. The van der Waals surface area contributed by atoms with Gasteiger partial charge < -0.3 is 10.3 Å². The molecule has 5 nitrogen and oxygen atoms in total. The number of rotatable bonds is 4. The molecule has 0 amide bonds. The van der Waals surface area contributed by atoms with Crippen LogP contribution >= 0.6 is 36.4 Å². The third-order valence-electron chi connectivity index (χ3n) is 3.62. The summed E-state index contributed by atoms with van der Waals surface area (Å²) < 4.78 is 0. The molecule has 0 bridgehead atoms. The van der Waals surface area contributed by atoms with E-state index < -0.39 is 0 Å². The van der Waals surface area contributed by atoms with Gasteiger partial charge in [-0.1, -0.05) is 29.8 Å². The molecule has 2 aromatic carbocycles. The van der Waals surface area contributed by atoms with Gasteiger partial charge in [0, 0.05) is 28.5 Å². The molecule has 8 heteroatoms. The summed E-state index contributed by atoms with van der Waals surface area (Å²) in [5, 5.41) is 4.89. The zero-order chi connectivity index (χ0) is 16.4. The number of nitrogens with zero attached hydrogens (tertiary/aromatic N) is 3. The van der Waals surface area contributed by atoms with Crippen LogP contribution in [0.5, 0.6) is 0 Å². The Hall–Kier alpha value is -2.34. The van der Waals surface area contributed by atoms with Crippen molar-refractivity contribution in [2.24, 2.45) is 0 Å². The highest BCUT2D eigenvalue weighted by Gasteiger charge is 2.10. The van der Waals surface area contributed by atoms with Crippen molar-refractivity contribution in [1.29, 1.82) is 0 Å². The van der Waals surface area contributed by atoms with Crippen LogP contribution in [0.4, 0.5) is 11.5 Å². The van der Waals surface area contributed by atoms with E-state index in [1.165, 1.54) is 0 Å². The quantitative estimate of drug-likeness (QED) is 0.488. The number of fused-ring (bicyclic) bond motifs is 1. The molecule has 4 rings (SSSR count). The van der Waals surface area contributed by atoms with Gasteiger partial charge in [0.2, 0.25) is 0 Å². The molecule has 2 heterocycles. The highest BCUT2D eigenvalue weighted by atomic mass is 35.5. The van der Waals surface area contributed by atoms with Gasteiger partial charge in [0.1, 0.15) is 17.5 Å². The Balaban J connectivity index is 0.00000121. The Morgan fingerprint density at radius 2 is 1.81 bits per heavy atom. The van der Waals surface area contributed by atoms with Gasteiger partial charge in [-0.05, 0) is 30.3 Å². The summed E-state index contributed by atoms with van der Waals surface area (Å²) in [5.41, 5.74) is 1.80. The fourth-order valence-corrected chi connectivity index (χ4v) is 2.70. The summed E-state index contributed by atoms with van der Waals surface area (Å²) >= 11 is 6.15. The van der Waals surface area contributed by atoms with Crippen molar-refractivity contribution in [3.8, 4) is 0 Å². The van der Waals surface area contributed by atoms with E-state index >= 15 is 0 Å². The largest absolute Gasteiger partial charge is 0.348 e. The number of para-hydroxylation sites is 1. The van der Waals surface area contributed by atoms with Crippen molar-refractivity contribution in [2.75, 3.05) is 5.32 Å². The highest BCUT2D eigenvalue weighted by Crippen LogP contribution is 2.27. The van der Waals surface area contributed by atoms with Gasteiger partial charge in [-0.2, -0.15) is 0 Å². The van der Waals surface area contributed by atoms with Gasteiger partial charge in [0.15, 0.2) is 0 Å². The van der Waals surface area contributed by atoms with Crippen molar-refractivity contribution in [3.05, 3.63) is 77.6 Å². The lowest BCUT2D eigenvalue weighted by Gasteiger charge is -2.11. The van der Waals surface area contributed by atoms with Gasteiger partial charge in [0.25, 0.3) is 0 Å². The van der Waals surface area contributed by atoms with E-state index in [0.717, 1.165) is 28.2 Å². The summed E-state index contributed by atoms with van der Waals surface area (Å²) in [7, 11) is 0. The van der Waals surface area contributed by atoms with Crippen LogP contribution in [0.3, 0.4) is 0 Å². The fraction of sp³-hybridized carbons (Fsp3) is 0.0556. The first-order chi connectivity index (χ1) is 11.8. The molecule has 0 unspecified atom stereocenters. The van der Waals surface area contributed by atoms with E-state index in [1.807, 2.05) is 48.5 Å².